The maximum absolute atomic E-state index is 12.7. The van der Waals surface area contributed by atoms with Crippen molar-refractivity contribution in [1.82, 2.24) is 5.32 Å². The first-order chi connectivity index (χ1) is 20.9. The van der Waals surface area contributed by atoms with Gasteiger partial charge in [-0.2, -0.15) is 0 Å². The minimum atomic E-state index is -0.958. The second-order valence-electron chi connectivity index (χ2n) is 15.6. The number of aliphatic hydroxyl groups is 1. The van der Waals surface area contributed by atoms with Gasteiger partial charge in [0.25, 0.3) is 5.91 Å². The van der Waals surface area contributed by atoms with Crippen molar-refractivity contribution in [1.29, 1.82) is 0 Å². The number of amides is 1. The summed E-state index contributed by atoms with van der Waals surface area (Å²) in [5.74, 6) is 4.39. The molecule has 238 valence electrons. The first-order valence-electron chi connectivity index (χ1n) is 17.0. The normalized spacial score (nSPS) is 40.1. The summed E-state index contributed by atoms with van der Waals surface area (Å²) in [5.41, 5.74) is 2.57. The average molecular weight is 601 g/mol. The topological polar surface area (TPSA) is 80.2 Å². The molecule has 6 nitrogen and oxygen atoms in total. The number of oxime groups is 1. The van der Waals surface area contributed by atoms with Crippen LogP contribution in [0.25, 0.3) is 0 Å². The van der Waals surface area contributed by atoms with E-state index in [1.54, 1.807) is 0 Å². The van der Waals surface area contributed by atoms with Gasteiger partial charge >= 0.3 is 0 Å². The van der Waals surface area contributed by atoms with Crippen molar-refractivity contribution in [3.63, 3.8) is 0 Å². The van der Waals surface area contributed by atoms with E-state index in [2.05, 4.69) is 80.5 Å². The molecule has 1 aliphatic heterocycles. The lowest BCUT2D eigenvalue weighted by molar-refractivity contribution is -0.125. The van der Waals surface area contributed by atoms with E-state index in [9.17, 15) is 9.90 Å². The Kier molecular flexibility index (Phi) is 8.29. The highest BCUT2D eigenvalue weighted by Crippen LogP contribution is 2.67. The van der Waals surface area contributed by atoms with Gasteiger partial charge in [-0.3, -0.25) is 4.79 Å². The third-order valence-corrected chi connectivity index (χ3v) is 12.9. The molecule has 44 heavy (non-hydrogen) atoms. The van der Waals surface area contributed by atoms with Crippen LogP contribution in [0.4, 0.5) is 0 Å². The summed E-state index contributed by atoms with van der Waals surface area (Å²) in [7, 11) is 0. The van der Waals surface area contributed by atoms with Crippen molar-refractivity contribution in [3.05, 3.63) is 47.5 Å². The van der Waals surface area contributed by atoms with Crippen molar-refractivity contribution >= 4 is 11.6 Å². The average Bonchev–Trinajstić information content (AvgIpc) is 3.28. The van der Waals surface area contributed by atoms with E-state index < -0.39 is 5.60 Å². The van der Waals surface area contributed by atoms with Crippen LogP contribution in [-0.2, 0) is 19.8 Å². The second kappa shape index (κ2) is 11.6. The van der Waals surface area contributed by atoms with E-state index >= 15 is 0 Å². The standard InChI is InChI=1S/C38H52N2O4/c1-6-38(42)19-16-32-30-13-12-28-24-29(14-17-35(28,4)31(30)15-18-36(32,38)5)40-44-25-33(41)39-22-20-37(27-10-8-7-9-11-27)21-23-43-34(2,3)26-37/h1,7-11,24,30-32,42H,12-23,25-26H2,2-5H3,(H,39,41)/b40-29-/t30-,31-,32-,35+,36+,37+,38+/m1/s1. The van der Waals surface area contributed by atoms with Gasteiger partial charge < -0.3 is 20.0 Å². The Bertz CT molecular complexity index is 1350. The zero-order chi connectivity index (χ0) is 31.2. The molecule has 1 heterocycles. The number of terminal acetylenes is 1. The minimum Gasteiger partial charge on any atom is -0.385 e. The SMILES string of the molecule is C#C[C@]1(O)CC[C@@H]2[C@@H]3CCC4=C/C(=N\OCC(=O)NCC[C@]5(c6ccccc6)CCOC(C)(C)C5)CC[C@]4(C)[C@@H]3CC[C@@]21C. The highest BCUT2D eigenvalue weighted by Gasteiger charge is 2.63. The lowest BCUT2D eigenvalue weighted by Gasteiger charge is -2.58. The van der Waals surface area contributed by atoms with E-state index in [4.69, 9.17) is 16.0 Å². The molecule has 0 aromatic heterocycles. The van der Waals surface area contributed by atoms with Crippen LogP contribution in [0, 0.1) is 40.9 Å². The molecule has 4 aliphatic carbocycles. The zero-order valence-corrected chi connectivity index (χ0v) is 27.3. The molecule has 1 aromatic carbocycles. The van der Waals surface area contributed by atoms with Crippen LogP contribution in [0.15, 0.2) is 47.1 Å². The molecule has 1 aromatic rings. The van der Waals surface area contributed by atoms with Crippen LogP contribution < -0.4 is 5.32 Å². The summed E-state index contributed by atoms with van der Waals surface area (Å²) >= 11 is 0. The number of benzene rings is 1. The Labute approximate surface area is 264 Å². The highest BCUT2D eigenvalue weighted by atomic mass is 16.6. The Hall–Kier alpha value is -2.62. The molecule has 3 saturated carbocycles. The molecule has 0 bridgehead atoms. The largest absolute Gasteiger partial charge is 0.385 e. The summed E-state index contributed by atoms with van der Waals surface area (Å²) in [6, 6.07) is 10.7. The molecule has 1 amide bonds. The van der Waals surface area contributed by atoms with Crippen LogP contribution in [0.2, 0.25) is 0 Å². The van der Waals surface area contributed by atoms with Gasteiger partial charge in [0.05, 0.1) is 11.3 Å². The van der Waals surface area contributed by atoms with Gasteiger partial charge in [0.15, 0.2) is 6.61 Å². The molecular weight excluding hydrogens is 548 g/mol. The third kappa shape index (κ3) is 5.43. The lowest BCUT2D eigenvalue weighted by atomic mass is 9.46. The lowest BCUT2D eigenvalue weighted by Crippen LogP contribution is -2.54. The Morgan fingerprint density at radius 1 is 1.07 bits per heavy atom. The molecule has 4 fully saturated rings. The van der Waals surface area contributed by atoms with Gasteiger partial charge in [0.2, 0.25) is 0 Å². The molecular formula is C38H52N2O4. The van der Waals surface area contributed by atoms with Crippen LogP contribution in [0.1, 0.15) is 104 Å². The molecule has 2 N–H and O–H groups in total. The van der Waals surface area contributed by atoms with Crippen molar-refractivity contribution in [3.8, 4) is 12.3 Å². The number of fused-ring (bicyclic) bond motifs is 5. The fourth-order valence-corrected chi connectivity index (χ4v) is 10.4. The highest BCUT2D eigenvalue weighted by molar-refractivity contribution is 5.96. The number of carbonyl (C=O) groups is 1. The van der Waals surface area contributed by atoms with E-state index in [1.807, 2.05) is 0 Å². The maximum Gasteiger partial charge on any atom is 0.260 e. The van der Waals surface area contributed by atoms with Crippen molar-refractivity contribution < 1.29 is 19.5 Å². The fraction of sp³-hybridized carbons (Fsp3) is 0.684. The number of ether oxygens (including phenoxy) is 1. The second-order valence-corrected chi connectivity index (χ2v) is 15.6. The molecule has 6 heteroatoms. The van der Waals surface area contributed by atoms with E-state index in [-0.39, 0.29) is 34.4 Å². The van der Waals surface area contributed by atoms with Crippen molar-refractivity contribution in [2.75, 3.05) is 19.8 Å². The van der Waals surface area contributed by atoms with E-state index in [1.165, 1.54) is 11.1 Å². The van der Waals surface area contributed by atoms with Crippen LogP contribution >= 0.6 is 0 Å². The Balaban J connectivity index is 1.03. The molecule has 0 radical (unpaired) electrons. The Morgan fingerprint density at radius 2 is 1.84 bits per heavy atom. The number of allylic oxidation sites excluding steroid dienone is 2. The van der Waals surface area contributed by atoms with Crippen molar-refractivity contribution in [2.24, 2.45) is 33.7 Å². The Morgan fingerprint density at radius 3 is 2.59 bits per heavy atom. The number of carbonyl (C=O) groups excluding carboxylic acids is 1. The molecule has 0 spiro atoms. The van der Waals surface area contributed by atoms with Gasteiger partial charge in [-0.05, 0) is 119 Å². The third-order valence-electron chi connectivity index (χ3n) is 12.9. The molecule has 6 rings (SSSR count). The van der Waals surface area contributed by atoms with E-state index in [0.717, 1.165) is 82.9 Å². The summed E-state index contributed by atoms with van der Waals surface area (Å²) < 4.78 is 6.04. The summed E-state index contributed by atoms with van der Waals surface area (Å²) in [6.45, 7) is 10.3. The van der Waals surface area contributed by atoms with Crippen LogP contribution in [0.3, 0.4) is 0 Å². The van der Waals surface area contributed by atoms with E-state index in [0.29, 0.717) is 24.3 Å². The number of rotatable bonds is 7. The zero-order valence-electron chi connectivity index (χ0n) is 27.3. The number of nitrogens with zero attached hydrogens (tertiary/aromatic N) is 1. The molecule has 1 saturated heterocycles. The van der Waals surface area contributed by atoms with Crippen molar-refractivity contribution in [2.45, 2.75) is 115 Å². The number of nitrogens with one attached hydrogen (secondary N) is 1. The van der Waals surface area contributed by atoms with Crippen LogP contribution in [-0.4, -0.2) is 47.7 Å². The van der Waals surface area contributed by atoms with Crippen LogP contribution in [0.5, 0.6) is 0 Å². The smallest absolute Gasteiger partial charge is 0.260 e. The summed E-state index contributed by atoms with van der Waals surface area (Å²) in [4.78, 5) is 18.3. The minimum absolute atomic E-state index is 0.0193. The van der Waals surface area contributed by atoms with Gasteiger partial charge in [-0.1, -0.05) is 60.8 Å². The predicted octanol–water partition coefficient (Wildman–Crippen LogP) is 6.72. The predicted molar refractivity (Wildman–Crippen MR) is 174 cm³/mol. The molecule has 7 atom stereocenters. The monoisotopic (exact) mass is 600 g/mol. The van der Waals surface area contributed by atoms with Gasteiger partial charge in [-0.25, -0.2) is 0 Å². The summed E-state index contributed by atoms with van der Waals surface area (Å²) in [5, 5.41) is 18.8. The number of hydrogen-bond acceptors (Lipinski definition) is 5. The maximum atomic E-state index is 12.7. The summed E-state index contributed by atoms with van der Waals surface area (Å²) in [6.07, 6.45) is 18.9. The van der Waals surface area contributed by atoms with Gasteiger partial charge in [0.1, 0.15) is 5.60 Å². The molecule has 0 unspecified atom stereocenters. The molecule has 5 aliphatic rings. The first-order valence-corrected chi connectivity index (χ1v) is 17.0. The number of hydrogen-bond donors (Lipinski definition) is 2. The van der Waals surface area contributed by atoms with Gasteiger partial charge in [-0.15, -0.1) is 6.42 Å². The fourth-order valence-electron chi connectivity index (χ4n) is 10.4. The quantitative estimate of drug-likeness (QED) is 0.269. The first kappa shape index (κ1) is 31.4. The van der Waals surface area contributed by atoms with Gasteiger partial charge in [0, 0.05) is 24.0 Å².